The normalized spacial score (nSPS) is 17.6. The number of amidine groups is 2. The molecular weight excluding hydrogens is 442 g/mol. The van der Waals surface area contributed by atoms with Gasteiger partial charge in [-0.1, -0.05) is 30.8 Å². The van der Waals surface area contributed by atoms with Crippen LogP contribution in [-0.2, 0) is 20.9 Å². The molecule has 9 nitrogen and oxygen atoms in total. The van der Waals surface area contributed by atoms with E-state index < -0.39 is 6.04 Å². The van der Waals surface area contributed by atoms with Crippen molar-refractivity contribution >= 4 is 46.2 Å². The van der Waals surface area contributed by atoms with Crippen molar-refractivity contribution in [2.24, 2.45) is 9.98 Å². The Morgan fingerprint density at radius 2 is 2.03 bits per heavy atom. The molecule has 0 fully saturated rings. The van der Waals surface area contributed by atoms with Crippen molar-refractivity contribution in [1.29, 1.82) is 0 Å². The molecule has 3 amide bonds. The topological polar surface area (TPSA) is 116 Å². The summed E-state index contributed by atoms with van der Waals surface area (Å²) in [4.78, 5) is 48.5. The first kappa shape index (κ1) is 22.8. The summed E-state index contributed by atoms with van der Waals surface area (Å²) in [6.45, 7) is 4.17. The fourth-order valence-corrected chi connectivity index (χ4v) is 4.24. The van der Waals surface area contributed by atoms with Gasteiger partial charge in [-0.2, -0.15) is 0 Å². The minimum Gasteiger partial charge on any atom is -0.467 e. The maximum absolute atomic E-state index is 13.2. The number of rotatable bonds is 8. The third-order valence-electron chi connectivity index (χ3n) is 5.32. The summed E-state index contributed by atoms with van der Waals surface area (Å²) < 4.78 is 5.21. The first-order valence-electron chi connectivity index (χ1n) is 10.8. The van der Waals surface area contributed by atoms with Crippen molar-refractivity contribution in [2.45, 2.75) is 45.3 Å². The average Bonchev–Trinajstić information content (AvgIpc) is 3.44. The Balaban J connectivity index is 1.48. The number of fused-ring (bicyclic) bond motifs is 3. The molecule has 1 aromatic heterocycles. The number of para-hydroxylation sites is 1. The summed E-state index contributed by atoms with van der Waals surface area (Å²) in [6, 6.07) is 10.1. The first-order valence-corrected chi connectivity index (χ1v) is 11.8. The summed E-state index contributed by atoms with van der Waals surface area (Å²) in [5.74, 6) is 0.438. The van der Waals surface area contributed by atoms with E-state index in [1.54, 1.807) is 12.1 Å². The number of furan rings is 1. The van der Waals surface area contributed by atoms with Gasteiger partial charge in [0.25, 0.3) is 5.91 Å². The lowest BCUT2D eigenvalue weighted by molar-refractivity contribution is -0.128. The summed E-state index contributed by atoms with van der Waals surface area (Å²) in [5, 5.41) is 6.04. The predicted octanol–water partition coefficient (Wildman–Crippen LogP) is 2.59. The molecule has 2 aromatic rings. The Kier molecular flexibility index (Phi) is 6.93. The molecule has 4 rings (SSSR count). The second-order valence-electron chi connectivity index (χ2n) is 7.78. The highest BCUT2D eigenvalue weighted by Gasteiger charge is 2.42. The molecule has 0 aliphatic carbocycles. The van der Waals surface area contributed by atoms with E-state index in [1.165, 1.54) is 22.9 Å². The molecule has 2 N–H and O–H groups in total. The number of carbonyl (C=O) groups excluding carboxylic acids is 3. The number of amides is 3. The smallest absolute Gasteiger partial charge is 0.259 e. The molecule has 0 spiro atoms. The van der Waals surface area contributed by atoms with Crippen LogP contribution >= 0.6 is 11.8 Å². The molecule has 0 bridgehead atoms. The van der Waals surface area contributed by atoms with Crippen LogP contribution in [0.4, 0.5) is 5.69 Å². The largest absolute Gasteiger partial charge is 0.467 e. The number of benzene rings is 1. The van der Waals surface area contributed by atoms with Gasteiger partial charge >= 0.3 is 0 Å². The van der Waals surface area contributed by atoms with E-state index in [2.05, 4.69) is 20.6 Å². The number of carbonyl (C=O) groups is 3. The van der Waals surface area contributed by atoms with Gasteiger partial charge < -0.3 is 15.1 Å². The SMILES string of the molecule is CC[C@H](C)NC(=O)CSC1=Nc2ccccc2C2=N[C@@H](CC(=O)NCc3ccco3)C(=O)N12. The lowest BCUT2D eigenvalue weighted by Crippen LogP contribution is -2.42. The van der Waals surface area contributed by atoms with Gasteiger partial charge in [0.2, 0.25) is 11.8 Å². The predicted molar refractivity (Wildman–Crippen MR) is 126 cm³/mol. The average molecular weight is 468 g/mol. The van der Waals surface area contributed by atoms with Gasteiger partial charge in [-0.25, -0.2) is 9.89 Å². The van der Waals surface area contributed by atoms with Crippen LogP contribution in [0.1, 0.15) is 38.0 Å². The van der Waals surface area contributed by atoms with Gasteiger partial charge in [0.1, 0.15) is 17.6 Å². The van der Waals surface area contributed by atoms with Gasteiger partial charge in [0.05, 0.1) is 30.7 Å². The van der Waals surface area contributed by atoms with Crippen molar-refractivity contribution in [1.82, 2.24) is 15.5 Å². The highest BCUT2D eigenvalue weighted by atomic mass is 32.2. The third-order valence-corrected chi connectivity index (χ3v) is 6.26. The van der Waals surface area contributed by atoms with Crippen molar-refractivity contribution in [3.63, 3.8) is 0 Å². The fraction of sp³-hybridized carbons (Fsp3) is 0.348. The van der Waals surface area contributed by atoms with Crippen LogP contribution in [0.15, 0.2) is 57.1 Å². The number of hydrogen-bond acceptors (Lipinski definition) is 7. The monoisotopic (exact) mass is 467 g/mol. The summed E-state index contributed by atoms with van der Waals surface area (Å²) >= 11 is 1.18. The second-order valence-corrected chi connectivity index (χ2v) is 8.72. The van der Waals surface area contributed by atoms with Gasteiger partial charge in [-0.05, 0) is 37.6 Å². The van der Waals surface area contributed by atoms with E-state index in [-0.39, 0.29) is 42.5 Å². The van der Waals surface area contributed by atoms with E-state index in [9.17, 15) is 14.4 Å². The standard InChI is InChI=1S/C23H25N5O4S/c1-3-14(2)25-20(30)13-33-23-27-17-9-5-4-8-16(17)21-26-18(22(31)28(21)23)11-19(29)24-12-15-7-6-10-32-15/h4-10,14,18H,3,11-13H2,1-2H3,(H,24,29)(H,25,30)/t14-,18-/m0/s1. The number of aliphatic imine (C=N–C) groups is 2. The second kappa shape index (κ2) is 10.0. The zero-order valence-corrected chi connectivity index (χ0v) is 19.2. The molecule has 0 saturated heterocycles. The van der Waals surface area contributed by atoms with Crippen molar-refractivity contribution in [3.05, 3.63) is 54.0 Å². The molecule has 0 radical (unpaired) electrons. The molecule has 3 heterocycles. The number of nitrogens with one attached hydrogen (secondary N) is 2. The van der Waals surface area contributed by atoms with Crippen LogP contribution in [-0.4, -0.2) is 51.5 Å². The zero-order valence-electron chi connectivity index (χ0n) is 18.4. The molecule has 2 aliphatic heterocycles. The molecule has 2 atom stereocenters. The Labute approximate surface area is 195 Å². The number of thioether (sulfide) groups is 1. The van der Waals surface area contributed by atoms with Crippen LogP contribution in [0, 0.1) is 0 Å². The molecule has 0 saturated carbocycles. The molecule has 2 aliphatic rings. The maximum atomic E-state index is 13.2. The lowest BCUT2D eigenvalue weighted by Gasteiger charge is -2.25. The van der Waals surface area contributed by atoms with E-state index >= 15 is 0 Å². The lowest BCUT2D eigenvalue weighted by atomic mass is 10.1. The van der Waals surface area contributed by atoms with Crippen molar-refractivity contribution < 1.29 is 18.8 Å². The first-order chi connectivity index (χ1) is 16.0. The highest BCUT2D eigenvalue weighted by molar-refractivity contribution is 8.14. The van der Waals surface area contributed by atoms with Crippen LogP contribution in [0.2, 0.25) is 0 Å². The maximum Gasteiger partial charge on any atom is 0.259 e. The van der Waals surface area contributed by atoms with Gasteiger partial charge in [0, 0.05) is 11.6 Å². The third kappa shape index (κ3) is 5.16. The molecule has 10 heteroatoms. The summed E-state index contributed by atoms with van der Waals surface area (Å²) in [6.07, 6.45) is 2.27. The molecule has 172 valence electrons. The van der Waals surface area contributed by atoms with Crippen molar-refractivity contribution in [3.8, 4) is 0 Å². The minimum atomic E-state index is -0.859. The molecule has 0 unspecified atom stereocenters. The zero-order chi connectivity index (χ0) is 23.4. The Bertz CT molecular complexity index is 1110. The minimum absolute atomic E-state index is 0.0710. The van der Waals surface area contributed by atoms with Gasteiger partial charge in [-0.15, -0.1) is 0 Å². The molecular formula is C23H25N5O4S. The van der Waals surface area contributed by atoms with Crippen LogP contribution in [0.5, 0.6) is 0 Å². The number of hydrogen-bond donors (Lipinski definition) is 2. The Hall–Kier alpha value is -3.40. The van der Waals surface area contributed by atoms with E-state index in [4.69, 9.17) is 4.42 Å². The quantitative estimate of drug-likeness (QED) is 0.619. The highest BCUT2D eigenvalue weighted by Crippen LogP contribution is 2.34. The van der Waals surface area contributed by atoms with E-state index in [0.717, 1.165) is 12.0 Å². The fourth-order valence-electron chi connectivity index (χ4n) is 3.43. The molecule has 1 aromatic carbocycles. The molecule has 33 heavy (non-hydrogen) atoms. The Morgan fingerprint density at radius 3 is 2.79 bits per heavy atom. The van der Waals surface area contributed by atoms with Crippen LogP contribution in [0.3, 0.4) is 0 Å². The van der Waals surface area contributed by atoms with Crippen LogP contribution < -0.4 is 10.6 Å². The van der Waals surface area contributed by atoms with E-state index in [1.807, 2.05) is 38.1 Å². The van der Waals surface area contributed by atoms with Gasteiger partial charge in [0.15, 0.2) is 5.17 Å². The summed E-state index contributed by atoms with van der Waals surface area (Å²) in [7, 11) is 0. The van der Waals surface area contributed by atoms with Crippen molar-refractivity contribution in [2.75, 3.05) is 5.75 Å². The van der Waals surface area contributed by atoms with Gasteiger partial charge in [-0.3, -0.25) is 19.4 Å². The summed E-state index contributed by atoms with van der Waals surface area (Å²) in [5.41, 5.74) is 1.39. The Morgan fingerprint density at radius 1 is 1.21 bits per heavy atom. The van der Waals surface area contributed by atoms with E-state index in [0.29, 0.717) is 22.5 Å². The number of nitrogens with zero attached hydrogens (tertiary/aromatic N) is 3. The van der Waals surface area contributed by atoms with Crippen LogP contribution in [0.25, 0.3) is 0 Å².